The fourth-order valence-electron chi connectivity index (χ4n) is 3.36. The number of carbonyl (C=O) groups excluding carboxylic acids is 1. The van der Waals surface area contributed by atoms with Gasteiger partial charge in [0.25, 0.3) is 0 Å². The normalized spacial score (nSPS) is 20.9. The highest BCUT2D eigenvalue weighted by atomic mass is 32.2. The molecule has 0 saturated carbocycles. The predicted octanol–water partition coefficient (Wildman–Crippen LogP) is 2.79. The Labute approximate surface area is 148 Å². The van der Waals surface area contributed by atoms with Gasteiger partial charge in [-0.3, -0.25) is 9.79 Å². The maximum atomic E-state index is 13.0. The summed E-state index contributed by atoms with van der Waals surface area (Å²) in [6, 6.07) is 5.17. The number of carbonyl (C=O) groups is 1. The van der Waals surface area contributed by atoms with E-state index in [0.717, 1.165) is 17.0 Å². The summed E-state index contributed by atoms with van der Waals surface area (Å²) >= 11 is 0. The molecule has 0 aliphatic carbocycles. The van der Waals surface area contributed by atoms with Crippen LogP contribution in [0.15, 0.2) is 28.1 Å². The predicted molar refractivity (Wildman–Crippen MR) is 95.8 cm³/mol. The van der Waals surface area contributed by atoms with Crippen LogP contribution in [-0.2, 0) is 25.0 Å². The van der Waals surface area contributed by atoms with Crippen LogP contribution >= 0.6 is 0 Å². The maximum Gasteiger partial charge on any atom is 0.302 e. The van der Waals surface area contributed by atoms with E-state index in [4.69, 9.17) is 4.74 Å². The molecule has 2 aliphatic heterocycles. The van der Waals surface area contributed by atoms with Gasteiger partial charge in [-0.05, 0) is 43.5 Å². The number of ether oxygens (including phenoxy) is 1. The van der Waals surface area contributed by atoms with E-state index >= 15 is 0 Å². The van der Waals surface area contributed by atoms with Gasteiger partial charge in [-0.1, -0.05) is 13.8 Å². The summed E-state index contributed by atoms with van der Waals surface area (Å²) in [5, 5.41) is 0. The number of piperidine rings is 1. The van der Waals surface area contributed by atoms with Crippen molar-refractivity contribution in [3.8, 4) is 0 Å². The molecule has 3 rings (SSSR count). The molecule has 2 aliphatic rings. The van der Waals surface area contributed by atoms with E-state index in [9.17, 15) is 13.2 Å². The van der Waals surface area contributed by atoms with Crippen molar-refractivity contribution >= 4 is 27.4 Å². The van der Waals surface area contributed by atoms with Crippen molar-refractivity contribution < 1.29 is 17.9 Å². The van der Waals surface area contributed by atoms with Gasteiger partial charge in [0, 0.05) is 31.1 Å². The number of aliphatic imine (C=N–C) groups is 1. The molecule has 1 fully saturated rings. The largest absolute Gasteiger partial charge is 0.462 e. The fourth-order valence-corrected chi connectivity index (χ4v) is 4.86. The van der Waals surface area contributed by atoms with Gasteiger partial charge < -0.3 is 4.74 Å². The molecule has 1 saturated heterocycles. The molecule has 6 nitrogen and oxygen atoms in total. The first kappa shape index (κ1) is 18.1. The summed E-state index contributed by atoms with van der Waals surface area (Å²) in [4.78, 5) is 15.9. The van der Waals surface area contributed by atoms with Gasteiger partial charge in [0.15, 0.2) is 0 Å². The lowest BCUT2D eigenvalue weighted by Crippen LogP contribution is -2.41. The van der Waals surface area contributed by atoms with Gasteiger partial charge in [0.1, 0.15) is 6.10 Å². The van der Waals surface area contributed by atoms with E-state index in [1.807, 2.05) is 6.92 Å². The summed E-state index contributed by atoms with van der Waals surface area (Å²) in [7, 11) is -3.56. The van der Waals surface area contributed by atoms with Gasteiger partial charge in [-0.25, -0.2) is 8.42 Å². The van der Waals surface area contributed by atoms with E-state index in [1.165, 1.54) is 11.2 Å². The Kier molecular flexibility index (Phi) is 4.49. The topological polar surface area (TPSA) is 76.0 Å². The molecule has 7 heteroatoms. The first-order valence-corrected chi connectivity index (χ1v) is 9.94. The van der Waals surface area contributed by atoms with Crippen molar-refractivity contribution in [3.63, 3.8) is 0 Å². The van der Waals surface area contributed by atoms with Crippen molar-refractivity contribution in [2.75, 3.05) is 13.1 Å². The number of nitrogens with zero attached hydrogens (tertiary/aromatic N) is 2. The zero-order valence-electron chi connectivity index (χ0n) is 15.1. The average molecular weight is 364 g/mol. The first-order chi connectivity index (χ1) is 11.6. The highest BCUT2D eigenvalue weighted by molar-refractivity contribution is 7.89. The highest BCUT2D eigenvalue weighted by Crippen LogP contribution is 2.41. The van der Waals surface area contributed by atoms with E-state index in [0.29, 0.717) is 30.8 Å². The van der Waals surface area contributed by atoms with Crippen molar-refractivity contribution in [1.82, 2.24) is 4.31 Å². The molecule has 0 atom stereocenters. The highest BCUT2D eigenvalue weighted by Gasteiger charge is 2.35. The summed E-state index contributed by atoms with van der Waals surface area (Å²) < 4.78 is 32.6. The van der Waals surface area contributed by atoms with Crippen LogP contribution in [0.2, 0.25) is 0 Å². The van der Waals surface area contributed by atoms with E-state index in [-0.39, 0.29) is 17.5 Å². The standard InChI is InChI=1S/C18H24N2O4S/c1-12-18(3,4)16-11-15(5-6-17(16)19-12)25(22,23)20-9-7-14(8-10-20)24-13(2)21/h5-6,11,14H,7-10H2,1-4H3. The number of benzene rings is 1. The van der Waals surface area contributed by atoms with Crippen molar-refractivity contribution in [2.45, 2.75) is 57.0 Å². The molecule has 0 bridgehead atoms. The Morgan fingerprint density at radius 3 is 2.52 bits per heavy atom. The molecule has 2 heterocycles. The molecule has 0 aromatic heterocycles. The maximum absolute atomic E-state index is 13.0. The zero-order chi connectivity index (χ0) is 18.4. The smallest absolute Gasteiger partial charge is 0.302 e. The third kappa shape index (κ3) is 3.22. The van der Waals surface area contributed by atoms with Crippen LogP contribution in [0.4, 0.5) is 5.69 Å². The number of fused-ring (bicyclic) bond motifs is 1. The second kappa shape index (κ2) is 6.21. The molecule has 0 unspecified atom stereocenters. The number of sulfonamides is 1. The van der Waals surface area contributed by atoms with Crippen molar-refractivity contribution in [2.24, 2.45) is 4.99 Å². The van der Waals surface area contributed by atoms with Crippen LogP contribution in [0.5, 0.6) is 0 Å². The summed E-state index contributed by atoms with van der Waals surface area (Å²) in [5.74, 6) is -0.322. The zero-order valence-corrected chi connectivity index (χ0v) is 15.9. The summed E-state index contributed by atoms with van der Waals surface area (Å²) in [6.07, 6.45) is 0.855. The minimum absolute atomic E-state index is 0.195. The van der Waals surface area contributed by atoms with Crippen LogP contribution in [0, 0.1) is 0 Å². The Hall–Kier alpha value is -1.73. The minimum Gasteiger partial charge on any atom is -0.462 e. The van der Waals surface area contributed by atoms with Crippen molar-refractivity contribution in [1.29, 1.82) is 0 Å². The van der Waals surface area contributed by atoms with Crippen LogP contribution in [-0.4, -0.2) is 43.6 Å². The summed E-state index contributed by atoms with van der Waals surface area (Å²) in [6.45, 7) is 8.16. The minimum atomic E-state index is -3.56. The quantitative estimate of drug-likeness (QED) is 0.773. The lowest BCUT2D eigenvalue weighted by atomic mass is 9.82. The third-order valence-electron chi connectivity index (χ3n) is 5.21. The van der Waals surface area contributed by atoms with Gasteiger partial charge >= 0.3 is 5.97 Å². The molecule has 0 N–H and O–H groups in total. The molecular formula is C18H24N2O4S. The lowest BCUT2D eigenvalue weighted by Gasteiger charge is -2.31. The van der Waals surface area contributed by atoms with Crippen molar-refractivity contribution in [3.05, 3.63) is 23.8 Å². The van der Waals surface area contributed by atoms with Gasteiger partial charge in [-0.2, -0.15) is 4.31 Å². The Bertz CT molecular complexity index is 835. The fraction of sp³-hybridized carbons (Fsp3) is 0.556. The Morgan fingerprint density at radius 2 is 1.92 bits per heavy atom. The SMILES string of the molecule is CC(=O)OC1CCN(S(=O)(=O)c2ccc3c(c2)C(C)(C)C(C)=N3)CC1. The molecule has 136 valence electrons. The summed E-state index contributed by atoms with van der Waals surface area (Å²) in [5.41, 5.74) is 2.51. The van der Waals surface area contributed by atoms with Gasteiger partial charge in [0.2, 0.25) is 10.0 Å². The van der Waals surface area contributed by atoms with Crippen LogP contribution < -0.4 is 0 Å². The van der Waals surface area contributed by atoms with Crippen LogP contribution in [0.3, 0.4) is 0 Å². The molecule has 0 radical (unpaired) electrons. The van der Waals surface area contributed by atoms with Gasteiger partial charge in [-0.15, -0.1) is 0 Å². The lowest BCUT2D eigenvalue weighted by molar-refractivity contribution is -0.147. The molecule has 0 amide bonds. The third-order valence-corrected chi connectivity index (χ3v) is 7.10. The number of rotatable bonds is 3. The van der Waals surface area contributed by atoms with E-state index < -0.39 is 10.0 Å². The monoisotopic (exact) mass is 364 g/mol. The molecule has 1 aromatic rings. The Balaban J connectivity index is 1.81. The number of hydrogen-bond acceptors (Lipinski definition) is 5. The first-order valence-electron chi connectivity index (χ1n) is 8.50. The second-order valence-corrected chi connectivity index (χ2v) is 9.15. The Morgan fingerprint density at radius 1 is 1.28 bits per heavy atom. The van der Waals surface area contributed by atoms with Crippen LogP contribution in [0.1, 0.15) is 46.1 Å². The molecule has 0 spiro atoms. The molecular weight excluding hydrogens is 340 g/mol. The van der Waals surface area contributed by atoms with Crippen LogP contribution in [0.25, 0.3) is 0 Å². The number of esters is 1. The van der Waals surface area contributed by atoms with Gasteiger partial charge in [0.05, 0.1) is 10.6 Å². The second-order valence-electron chi connectivity index (χ2n) is 7.21. The average Bonchev–Trinajstić information content (AvgIpc) is 2.76. The number of hydrogen-bond donors (Lipinski definition) is 0. The van der Waals surface area contributed by atoms with E-state index in [2.05, 4.69) is 18.8 Å². The molecule has 25 heavy (non-hydrogen) atoms. The molecule has 1 aromatic carbocycles. The van der Waals surface area contributed by atoms with E-state index in [1.54, 1.807) is 18.2 Å².